The number of carbonyl (C=O) groups excluding carboxylic acids is 4. The zero-order chi connectivity index (χ0) is 39.6. The first-order valence-corrected chi connectivity index (χ1v) is 19.4. The van der Waals surface area contributed by atoms with Crippen molar-refractivity contribution >= 4 is 23.8 Å². The van der Waals surface area contributed by atoms with Gasteiger partial charge in [-0.15, -0.1) is 0 Å². The second kappa shape index (κ2) is 19.2. The van der Waals surface area contributed by atoms with Crippen LogP contribution in [0.25, 0.3) is 11.3 Å². The first kappa shape index (κ1) is 40.6. The highest BCUT2D eigenvalue weighted by atomic mass is 19.1. The molecule has 3 N–H and O–H groups in total. The largest absolute Gasteiger partial charge is 0.381 e. The third-order valence-electron chi connectivity index (χ3n) is 10.6. The molecule has 6 rings (SSSR count). The smallest absolute Gasteiger partial charge is 0.318 e. The van der Waals surface area contributed by atoms with Gasteiger partial charge in [-0.1, -0.05) is 36.8 Å². The fourth-order valence-electron chi connectivity index (χ4n) is 7.57. The quantitative estimate of drug-likeness (QED) is 0.131. The van der Waals surface area contributed by atoms with E-state index >= 15 is 8.78 Å². The topological polar surface area (TPSA) is 138 Å². The average molecular weight is 778 g/mol. The molecule has 56 heavy (non-hydrogen) atoms. The molecule has 3 aliphatic heterocycles. The number of imidazole rings is 1. The number of carbonyl (C=O) groups is 4. The van der Waals surface area contributed by atoms with Gasteiger partial charge in [0.1, 0.15) is 23.6 Å². The highest BCUT2D eigenvalue weighted by molar-refractivity contribution is 6.12. The lowest BCUT2D eigenvalue weighted by Gasteiger charge is -2.40. The maximum atomic E-state index is 15.3. The van der Waals surface area contributed by atoms with Crippen molar-refractivity contribution in [2.45, 2.75) is 70.2 Å². The van der Waals surface area contributed by atoms with Crippen molar-refractivity contribution in [1.29, 1.82) is 0 Å². The van der Waals surface area contributed by atoms with Crippen LogP contribution >= 0.6 is 0 Å². The Balaban J connectivity index is 1.21. The van der Waals surface area contributed by atoms with Crippen LogP contribution in [-0.2, 0) is 25.7 Å². The van der Waals surface area contributed by atoms with Gasteiger partial charge in [-0.05, 0) is 62.3 Å². The van der Waals surface area contributed by atoms with E-state index in [1.165, 1.54) is 17.1 Å². The number of imide groups is 1. The fraction of sp³-hybridized carbons (Fsp3) is 0.488. The maximum absolute atomic E-state index is 15.3. The summed E-state index contributed by atoms with van der Waals surface area (Å²) < 4.78 is 52.6. The Bertz CT molecular complexity index is 1850. The summed E-state index contributed by atoms with van der Waals surface area (Å²) in [5, 5.41) is 8.99. The van der Waals surface area contributed by atoms with Crippen molar-refractivity contribution in [2.24, 2.45) is 11.8 Å². The molecule has 5 amide bonds. The number of ether oxygens (including phenoxy) is 1. The number of alkyl halides is 1. The van der Waals surface area contributed by atoms with Crippen molar-refractivity contribution in [1.82, 2.24) is 35.3 Å². The van der Waals surface area contributed by atoms with E-state index in [9.17, 15) is 23.6 Å². The van der Waals surface area contributed by atoms with E-state index in [1.54, 1.807) is 18.0 Å². The molecule has 12 nitrogen and oxygen atoms in total. The Kier molecular flexibility index (Phi) is 13.9. The Morgan fingerprint density at radius 3 is 2.48 bits per heavy atom. The number of urea groups is 1. The molecule has 3 aromatic rings. The van der Waals surface area contributed by atoms with E-state index in [1.807, 2.05) is 34.9 Å². The standard InChI is InChI=1S/C41H50F3N7O5/c1-27(21-46-36(52)10-6-3-7-17-50-37(53)13-14-38(50)54)47-41(55)51(25-30-22-45-23-34(30)44)39(29-15-18-56-19-16-29)40-48-35(32-20-31(42)11-12-33(32)43)26-49(40)24-28-8-4-2-5-9-28/h2,4-5,8-9,11-14,20,26-27,29-30,34,39,45H,3,6-7,10,15-19,21-25H2,1H3,(H,46,52)(H,47,55)/t27-,30-,34-,39+/m0/s1. The van der Waals surface area contributed by atoms with Crippen molar-refractivity contribution in [2.75, 3.05) is 45.9 Å². The highest BCUT2D eigenvalue weighted by Crippen LogP contribution is 2.38. The van der Waals surface area contributed by atoms with Crippen LogP contribution in [0.3, 0.4) is 0 Å². The number of amides is 5. The summed E-state index contributed by atoms with van der Waals surface area (Å²) in [7, 11) is 0. The number of benzene rings is 2. The molecule has 2 saturated heterocycles. The summed E-state index contributed by atoms with van der Waals surface area (Å²) in [5.41, 5.74) is 1.13. The van der Waals surface area contributed by atoms with Crippen LogP contribution in [0.1, 0.15) is 62.9 Å². The molecule has 0 spiro atoms. The van der Waals surface area contributed by atoms with Crippen molar-refractivity contribution < 1.29 is 37.1 Å². The molecule has 4 heterocycles. The maximum Gasteiger partial charge on any atom is 0.318 e. The van der Waals surface area contributed by atoms with Crippen molar-refractivity contribution in [3.05, 3.63) is 89.9 Å². The minimum absolute atomic E-state index is 0.0120. The number of aromatic nitrogens is 2. The monoisotopic (exact) mass is 777 g/mol. The van der Waals surface area contributed by atoms with Gasteiger partial charge in [0, 0.05) is 94.8 Å². The van der Waals surface area contributed by atoms with E-state index in [2.05, 4.69) is 16.0 Å². The number of nitrogens with one attached hydrogen (secondary N) is 3. The number of halogens is 3. The third kappa shape index (κ3) is 10.4. The van der Waals surface area contributed by atoms with E-state index in [0.29, 0.717) is 70.8 Å². The average Bonchev–Trinajstić information content (AvgIpc) is 3.89. The Morgan fingerprint density at radius 1 is 1.02 bits per heavy atom. The number of nitrogens with zero attached hydrogens (tertiary/aromatic N) is 4. The number of hydrogen-bond donors (Lipinski definition) is 3. The number of hydrogen-bond acceptors (Lipinski definition) is 7. The van der Waals surface area contributed by atoms with Crippen LogP contribution in [0.15, 0.2) is 66.9 Å². The highest BCUT2D eigenvalue weighted by Gasteiger charge is 2.40. The predicted molar refractivity (Wildman–Crippen MR) is 203 cm³/mol. The molecule has 300 valence electrons. The number of unbranched alkanes of at least 4 members (excludes halogenated alkanes) is 2. The van der Waals surface area contributed by atoms with Crippen LogP contribution in [0.2, 0.25) is 0 Å². The molecule has 0 unspecified atom stereocenters. The van der Waals surface area contributed by atoms with Gasteiger partial charge in [0.15, 0.2) is 0 Å². The molecule has 2 fully saturated rings. The van der Waals surface area contributed by atoms with Crippen LogP contribution < -0.4 is 16.0 Å². The van der Waals surface area contributed by atoms with Crippen LogP contribution in [0.4, 0.5) is 18.0 Å². The fourth-order valence-corrected chi connectivity index (χ4v) is 7.57. The Hall–Kier alpha value is -5.02. The molecule has 15 heteroatoms. The van der Waals surface area contributed by atoms with Crippen molar-refractivity contribution in [3.8, 4) is 11.3 Å². The zero-order valence-electron chi connectivity index (χ0n) is 31.6. The second-order valence-electron chi connectivity index (χ2n) is 14.8. The first-order valence-electron chi connectivity index (χ1n) is 19.4. The van der Waals surface area contributed by atoms with Gasteiger partial charge in [-0.25, -0.2) is 22.9 Å². The van der Waals surface area contributed by atoms with E-state index in [-0.39, 0.29) is 61.0 Å². The summed E-state index contributed by atoms with van der Waals surface area (Å²) in [6.07, 6.45) is 6.20. The lowest BCUT2D eigenvalue weighted by molar-refractivity contribution is -0.137. The Labute approximate surface area is 324 Å². The molecule has 0 saturated carbocycles. The first-order chi connectivity index (χ1) is 27.1. The molecule has 1 aromatic heterocycles. The lowest BCUT2D eigenvalue weighted by Crippen LogP contribution is -2.52. The molecule has 0 bridgehead atoms. The third-order valence-corrected chi connectivity index (χ3v) is 10.6. The number of rotatable bonds is 17. The molecule has 2 aromatic carbocycles. The summed E-state index contributed by atoms with van der Waals surface area (Å²) in [4.78, 5) is 58.5. The van der Waals surface area contributed by atoms with Crippen LogP contribution in [-0.4, -0.2) is 101 Å². The van der Waals surface area contributed by atoms with Gasteiger partial charge in [0.05, 0.1) is 11.7 Å². The minimum Gasteiger partial charge on any atom is -0.381 e. The zero-order valence-corrected chi connectivity index (χ0v) is 31.6. The van der Waals surface area contributed by atoms with Gasteiger partial charge < -0.3 is 30.2 Å². The molecule has 4 atom stereocenters. The second-order valence-corrected chi connectivity index (χ2v) is 14.8. The normalized spacial score (nSPS) is 19.7. The SMILES string of the molecule is C[C@@H](CNC(=O)CCCCCN1C(=O)C=CC1=O)NC(=O)N(C[C@@H]1CNC[C@@H]1F)[C@@H](c1nc(-c2cc(F)ccc2F)cn1Cc1ccccc1)C1CCOCC1. The van der Waals surface area contributed by atoms with Gasteiger partial charge in [0.25, 0.3) is 11.8 Å². The van der Waals surface area contributed by atoms with E-state index < -0.39 is 41.8 Å². The van der Waals surface area contributed by atoms with Crippen LogP contribution in [0.5, 0.6) is 0 Å². The minimum atomic E-state index is -1.19. The summed E-state index contributed by atoms with van der Waals surface area (Å²) in [5.74, 6) is -2.30. The van der Waals surface area contributed by atoms with Gasteiger partial charge >= 0.3 is 6.03 Å². The van der Waals surface area contributed by atoms with Gasteiger partial charge in [-0.2, -0.15) is 0 Å². The summed E-state index contributed by atoms with van der Waals surface area (Å²) in [6.45, 7) is 4.06. The molecule has 3 aliphatic rings. The molecular weight excluding hydrogens is 727 g/mol. The van der Waals surface area contributed by atoms with Gasteiger partial charge in [0.2, 0.25) is 5.91 Å². The van der Waals surface area contributed by atoms with Gasteiger partial charge in [-0.3, -0.25) is 19.3 Å². The predicted octanol–water partition coefficient (Wildman–Crippen LogP) is 4.90. The lowest BCUT2D eigenvalue weighted by atomic mass is 9.89. The summed E-state index contributed by atoms with van der Waals surface area (Å²) in [6, 6.07) is 11.2. The Morgan fingerprint density at radius 2 is 1.77 bits per heavy atom. The molecule has 0 radical (unpaired) electrons. The van der Waals surface area contributed by atoms with Crippen LogP contribution in [0, 0.1) is 23.5 Å². The van der Waals surface area contributed by atoms with E-state index in [0.717, 1.165) is 23.8 Å². The van der Waals surface area contributed by atoms with Crippen molar-refractivity contribution in [3.63, 3.8) is 0 Å². The van der Waals surface area contributed by atoms with E-state index in [4.69, 9.17) is 9.72 Å². The summed E-state index contributed by atoms with van der Waals surface area (Å²) >= 11 is 0. The molecular formula is C41H50F3N7O5. The molecule has 0 aliphatic carbocycles.